The molecule has 0 unspecified atom stereocenters. The predicted molar refractivity (Wildman–Crippen MR) is 159 cm³/mol. The van der Waals surface area contributed by atoms with Gasteiger partial charge in [-0.05, 0) is 86.8 Å². The summed E-state index contributed by atoms with van der Waals surface area (Å²) in [4.78, 5) is 15.7. The summed E-state index contributed by atoms with van der Waals surface area (Å²) in [5.74, 6) is 0. The van der Waals surface area contributed by atoms with Crippen LogP contribution in [0.3, 0.4) is 0 Å². The van der Waals surface area contributed by atoms with Crippen LogP contribution in [0.15, 0.2) is 42.5 Å². The van der Waals surface area contributed by atoms with Crippen LogP contribution in [0.4, 0.5) is 0 Å². The van der Waals surface area contributed by atoms with Crippen molar-refractivity contribution in [3.63, 3.8) is 0 Å². The van der Waals surface area contributed by atoms with Crippen molar-refractivity contribution < 1.29 is 0 Å². The molecular weight excluding hydrogens is 462 g/mol. The molecule has 7 rings (SSSR count). The van der Waals surface area contributed by atoms with Crippen LogP contribution in [0.2, 0.25) is 0 Å². The van der Waals surface area contributed by atoms with E-state index in [4.69, 9.17) is 15.0 Å². The summed E-state index contributed by atoms with van der Waals surface area (Å²) in [6.07, 6.45) is 25.5. The molecule has 202 valence electrons. The van der Waals surface area contributed by atoms with E-state index in [-0.39, 0.29) is 0 Å². The average Bonchev–Trinajstić information content (AvgIpc) is 2.96. The summed E-state index contributed by atoms with van der Waals surface area (Å²) in [6.45, 7) is 0. The minimum absolute atomic E-state index is 1.01. The zero-order valence-electron chi connectivity index (χ0n) is 23.5. The summed E-state index contributed by atoms with van der Waals surface area (Å²) in [6, 6.07) is 15.7. The maximum absolute atomic E-state index is 5.26. The fraction of sp³-hybridized carbons (Fsp3) is 0.571. The van der Waals surface area contributed by atoms with Crippen LogP contribution in [0.25, 0.3) is 22.8 Å². The Balaban J connectivity index is 1.46. The number of hydrogen-bond donors (Lipinski definition) is 0. The van der Waals surface area contributed by atoms with Gasteiger partial charge in [-0.25, -0.2) is 4.98 Å². The first-order valence-electron chi connectivity index (χ1n) is 15.8. The van der Waals surface area contributed by atoms with Gasteiger partial charge in [0, 0.05) is 11.4 Å². The Morgan fingerprint density at radius 2 is 0.711 bits per heavy atom. The molecule has 0 amide bonds. The Morgan fingerprint density at radius 1 is 0.342 bits per heavy atom. The van der Waals surface area contributed by atoms with Gasteiger partial charge in [0.1, 0.15) is 0 Å². The van der Waals surface area contributed by atoms with Crippen LogP contribution in [-0.4, -0.2) is 15.0 Å². The molecule has 3 aromatic rings. The first-order chi connectivity index (χ1) is 18.9. The van der Waals surface area contributed by atoms with Gasteiger partial charge in [-0.15, -0.1) is 0 Å². The van der Waals surface area contributed by atoms with Gasteiger partial charge in [0.25, 0.3) is 0 Å². The molecule has 2 aliphatic heterocycles. The molecule has 38 heavy (non-hydrogen) atoms. The lowest BCUT2D eigenvalue weighted by Gasteiger charge is -2.15. The van der Waals surface area contributed by atoms with E-state index in [0.29, 0.717) is 0 Å². The van der Waals surface area contributed by atoms with Gasteiger partial charge >= 0.3 is 0 Å². The number of aryl methyl sites for hydroxylation is 4. The fourth-order valence-corrected chi connectivity index (χ4v) is 6.25. The minimum Gasteiger partial charge on any atom is -0.251 e. The molecule has 0 atom stereocenters. The van der Waals surface area contributed by atoms with Gasteiger partial charge in [-0.2, -0.15) is 0 Å². The van der Waals surface area contributed by atoms with Crippen molar-refractivity contribution in [2.45, 2.75) is 128 Å². The first kappa shape index (κ1) is 27.0. The molecule has 0 aromatic carbocycles. The molecule has 0 radical (unpaired) electrons. The Kier molecular flexibility index (Phi) is 10.4. The molecule has 0 fully saturated rings. The van der Waals surface area contributed by atoms with E-state index >= 15 is 0 Å². The number of hydrogen-bond acceptors (Lipinski definition) is 3. The summed E-state index contributed by atoms with van der Waals surface area (Å²) in [7, 11) is 0. The van der Waals surface area contributed by atoms with E-state index in [1.165, 1.54) is 125 Å². The summed E-state index contributed by atoms with van der Waals surface area (Å²) >= 11 is 0. The van der Waals surface area contributed by atoms with E-state index in [9.17, 15) is 0 Å². The van der Waals surface area contributed by atoms with Crippen molar-refractivity contribution in [1.82, 2.24) is 15.0 Å². The zero-order chi connectivity index (χ0) is 25.8. The van der Waals surface area contributed by atoms with Crippen LogP contribution < -0.4 is 0 Å². The van der Waals surface area contributed by atoms with Crippen molar-refractivity contribution in [2.75, 3.05) is 0 Å². The molecule has 3 aromatic heterocycles. The summed E-state index contributed by atoms with van der Waals surface area (Å²) in [5, 5.41) is 0. The Labute approximate surface area is 230 Å². The highest BCUT2D eigenvalue weighted by Gasteiger charge is 2.15. The normalized spacial score (nSPS) is 18.5. The number of pyridine rings is 3. The number of fused-ring (bicyclic) bond motifs is 22. The fourth-order valence-electron chi connectivity index (χ4n) is 6.25. The van der Waals surface area contributed by atoms with Crippen molar-refractivity contribution in [3.8, 4) is 22.8 Å². The van der Waals surface area contributed by atoms with E-state index < -0.39 is 0 Å². The van der Waals surface area contributed by atoms with Gasteiger partial charge < -0.3 is 0 Å². The van der Waals surface area contributed by atoms with Crippen molar-refractivity contribution in [3.05, 3.63) is 65.0 Å². The van der Waals surface area contributed by atoms with Gasteiger partial charge in [-0.3, -0.25) is 9.97 Å². The molecule has 5 heterocycles. The SMILES string of the molecule is c1cc(-c2nc3ccc2CCCCCCCCCC3)nc(-c2nc3ccc2CCCCCCCCCC3)c1. The van der Waals surface area contributed by atoms with Gasteiger partial charge in [0.15, 0.2) is 0 Å². The second-order valence-electron chi connectivity index (χ2n) is 11.7. The van der Waals surface area contributed by atoms with E-state index in [0.717, 1.165) is 48.5 Å². The zero-order valence-corrected chi connectivity index (χ0v) is 23.5. The molecule has 2 aliphatic carbocycles. The lowest BCUT2D eigenvalue weighted by molar-refractivity contribution is 0.564. The number of rotatable bonds is 2. The third-order valence-electron chi connectivity index (χ3n) is 8.57. The second kappa shape index (κ2) is 14.6. The molecule has 0 saturated carbocycles. The van der Waals surface area contributed by atoms with Gasteiger partial charge in [0.2, 0.25) is 0 Å². The highest BCUT2D eigenvalue weighted by molar-refractivity contribution is 5.66. The van der Waals surface area contributed by atoms with Crippen LogP contribution in [0.1, 0.15) is 125 Å². The van der Waals surface area contributed by atoms with Crippen molar-refractivity contribution in [1.29, 1.82) is 0 Å². The van der Waals surface area contributed by atoms with E-state index in [2.05, 4.69) is 42.5 Å². The predicted octanol–water partition coefficient (Wildman–Crippen LogP) is 9.64. The van der Waals surface area contributed by atoms with Crippen LogP contribution in [0.5, 0.6) is 0 Å². The Hall–Kier alpha value is -2.55. The molecule has 3 nitrogen and oxygen atoms in total. The minimum atomic E-state index is 1.01. The maximum atomic E-state index is 5.26. The summed E-state index contributed by atoms with van der Waals surface area (Å²) < 4.78 is 0. The second-order valence-corrected chi connectivity index (χ2v) is 11.7. The maximum Gasteiger partial charge on any atom is 0.0921 e. The molecular formula is C35H47N3. The van der Waals surface area contributed by atoms with Crippen LogP contribution in [0, 0.1) is 0 Å². The Bertz CT molecular complexity index is 1060. The van der Waals surface area contributed by atoms with Gasteiger partial charge in [-0.1, -0.05) is 95.2 Å². The average molecular weight is 510 g/mol. The molecule has 4 aliphatic rings. The Morgan fingerprint density at radius 3 is 1.13 bits per heavy atom. The third-order valence-corrected chi connectivity index (χ3v) is 8.57. The molecule has 4 bridgehead atoms. The monoisotopic (exact) mass is 509 g/mol. The highest BCUT2D eigenvalue weighted by Crippen LogP contribution is 2.29. The standard InChI is InChI=1S/C35H47N3/c1-3-7-11-15-20-30-26-24-28(18-13-9-5-1)34(36-30)32-22-17-23-33(38-32)35-29-19-14-10-6-2-4-8-12-16-21-31(37-35)27-25-29/h17,22-27H,1-16,18-21H2. The van der Waals surface area contributed by atoms with Crippen molar-refractivity contribution in [2.24, 2.45) is 0 Å². The first-order valence-corrected chi connectivity index (χ1v) is 15.8. The third kappa shape index (κ3) is 7.74. The van der Waals surface area contributed by atoms with Gasteiger partial charge in [0.05, 0.1) is 22.8 Å². The summed E-state index contributed by atoms with van der Waals surface area (Å²) in [5.41, 5.74) is 9.37. The quantitative estimate of drug-likeness (QED) is 0.345. The lowest BCUT2D eigenvalue weighted by Crippen LogP contribution is -2.03. The van der Waals surface area contributed by atoms with Crippen LogP contribution >= 0.6 is 0 Å². The van der Waals surface area contributed by atoms with E-state index in [1.807, 2.05) is 0 Å². The largest absolute Gasteiger partial charge is 0.251 e. The smallest absolute Gasteiger partial charge is 0.0921 e. The number of aromatic nitrogens is 3. The van der Waals surface area contributed by atoms with Crippen LogP contribution in [-0.2, 0) is 25.7 Å². The lowest BCUT2D eigenvalue weighted by atomic mass is 9.98. The number of nitrogens with zero attached hydrogens (tertiary/aromatic N) is 3. The van der Waals surface area contributed by atoms with Crippen molar-refractivity contribution >= 4 is 0 Å². The molecule has 0 saturated heterocycles. The molecule has 0 spiro atoms. The highest BCUT2D eigenvalue weighted by atomic mass is 14.8. The molecule has 3 heteroatoms. The van der Waals surface area contributed by atoms with E-state index in [1.54, 1.807) is 0 Å². The molecule has 0 N–H and O–H groups in total. The topological polar surface area (TPSA) is 38.7 Å².